The van der Waals surface area contributed by atoms with Crippen molar-refractivity contribution in [2.24, 2.45) is 0 Å². The van der Waals surface area contributed by atoms with Crippen LogP contribution < -0.4 is 0 Å². The molecule has 1 heterocycles. The van der Waals surface area contributed by atoms with E-state index < -0.39 is 11.4 Å². The van der Waals surface area contributed by atoms with Crippen LogP contribution in [0.25, 0.3) is 0 Å². The van der Waals surface area contributed by atoms with Crippen LogP contribution in [0.3, 0.4) is 0 Å². The van der Waals surface area contributed by atoms with Crippen molar-refractivity contribution in [3.05, 3.63) is 35.1 Å². The second-order valence-corrected chi connectivity index (χ2v) is 5.44. The van der Waals surface area contributed by atoms with Gasteiger partial charge in [-0.2, -0.15) is 0 Å². The lowest BCUT2D eigenvalue weighted by Gasteiger charge is -2.19. The van der Waals surface area contributed by atoms with Crippen molar-refractivity contribution in [1.29, 1.82) is 0 Å². The molecule has 1 saturated heterocycles. The van der Waals surface area contributed by atoms with Gasteiger partial charge in [0.05, 0.1) is 17.8 Å². The van der Waals surface area contributed by atoms with E-state index in [1.165, 1.54) is 18.2 Å². The predicted molar refractivity (Wildman–Crippen MR) is 76.1 cm³/mol. The lowest BCUT2D eigenvalue weighted by molar-refractivity contribution is 0.0572. The summed E-state index contributed by atoms with van der Waals surface area (Å²) in [6.45, 7) is 2.33. The van der Waals surface area contributed by atoms with Gasteiger partial charge in [-0.15, -0.1) is 0 Å². The number of β-amino-alcohol motifs (C(OH)–C–C–N with tert-alkyl or cyclic N) is 1. The Labute approximate surface area is 123 Å². The zero-order valence-electron chi connectivity index (χ0n) is 11.9. The summed E-state index contributed by atoms with van der Waals surface area (Å²) in [7, 11) is 0. The zero-order chi connectivity index (χ0) is 15.5. The number of amides is 1. The number of aliphatic hydroxyl groups excluding tert-OH is 1. The molecule has 0 bridgehead atoms. The smallest absolute Gasteiger partial charge is 0.255 e. The van der Waals surface area contributed by atoms with Crippen LogP contribution in [0.4, 0.5) is 4.39 Å². The van der Waals surface area contributed by atoms with Gasteiger partial charge in [0.25, 0.3) is 5.91 Å². The number of carbonyl (C=O) groups excluding carboxylic acids is 1. The topological polar surface area (TPSA) is 60.8 Å². The maximum atomic E-state index is 13.3. The number of hydrogen-bond donors (Lipinski definition) is 2. The van der Waals surface area contributed by atoms with Gasteiger partial charge in [0, 0.05) is 25.1 Å². The van der Waals surface area contributed by atoms with Crippen LogP contribution >= 0.6 is 0 Å². The minimum absolute atomic E-state index is 0.0828. The summed E-state index contributed by atoms with van der Waals surface area (Å²) in [4.78, 5) is 14.0. The first-order chi connectivity index (χ1) is 9.93. The van der Waals surface area contributed by atoms with Gasteiger partial charge in [-0.3, -0.25) is 4.79 Å². The van der Waals surface area contributed by atoms with Gasteiger partial charge < -0.3 is 15.1 Å². The molecule has 1 unspecified atom stereocenters. The van der Waals surface area contributed by atoms with Crippen LogP contribution in [0.15, 0.2) is 18.2 Å². The fourth-order valence-corrected chi connectivity index (χ4v) is 2.31. The van der Waals surface area contributed by atoms with Gasteiger partial charge >= 0.3 is 0 Å². The van der Waals surface area contributed by atoms with E-state index in [0.29, 0.717) is 24.1 Å². The molecule has 0 spiro atoms. The minimum Gasteiger partial charge on any atom is -0.395 e. The quantitative estimate of drug-likeness (QED) is 0.804. The molecule has 0 aliphatic carbocycles. The maximum absolute atomic E-state index is 13.3. The molecule has 21 heavy (non-hydrogen) atoms. The van der Waals surface area contributed by atoms with Crippen LogP contribution in [-0.4, -0.2) is 46.3 Å². The van der Waals surface area contributed by atoms with Crippen LogP contribution in [0.1, 0.15) is 35.7 Å². The molecule has 1 aliphatic rings. The van der Waals surface area contributed by atoms with E-state index in [1.54, 1.807) is 11.8 Å². The summed E-state index contributed by atoms with van der Waals surface area (Å²) >= 11 is 0. The Morgan fingerprint density at radius 1 is 1.52 bits per heavy atom. The lowest BCUT2D eigenvalue weighted by Crippen LogP contribution is -2.34. The fourth-order valence-electron chi connectivity index (χ4n) is 2.31. The summed E-state index contributed by atoms with van der Waals surface area (Å²) < 4.78 is 13.3. The molecule has 5 heteroatoms. The molecule has 1 amide bonds. The van der Waals surface area contributed by atoms with Crippen molar-refractivity contribution in [2.45, 2.75) is 25.4 Å². The molecule has 0 radical (unpaired) electrons. The van der Waals surface area contributed by atoms with Gasteiger partial charge in [0.2, 0.25) is 0 Å². The van der Waals surface area contributed by atoms with E-state index >= 15 is 0 Å². The number of nitrogens with zero attached hydrogens (tertiary/aromatic N) is 1. The number of benzene rings is 1. The van der Waals surface area contributed by atoms with Crippen LogP contribution in [0, 0.1) is 17.7 Å². The summed E-state index contributed by atoms with van der Waals surface area (Å²) in [5.41, 5.74) is -0.252. The zero-order valence-corrected chi connectivity index (χ0v) is 11.9. The fraction of sp³-hybridized carbons (Fsp3) is 0.438. The van der Waals surface area contributed by atoms with E-state index in [1.807, 2.05) is 0 Å². The van der Waals surface area contributed by atoms with E-state index in [-0.39, 0.29) is 25.5 Å². The summed E-state index contributed by atoms with van der Waals surface area (Å²) in [5.74, 6) is 4.69. The van der Waals surface area contributed by atoms with Crippen molar-refractivity contribution < 1.29 is 19.4 Å². The molecule has 1 atom stereocenters. The third kappa shape index (κ3) is 3.81. The normalized spacial score (nSPS) is 21.0. The summed E-state index contributed by atoms with van der Waals surface area (Å²) in [6, 6.07) is 3.85. The predicted octanol–water partition coefficient (Wildman–Crippen LogP) is 1.16. The molecule has 1 aromatic carbocycles. The van der Waals surface area contributed by atoms with Crippen LogP contribution in [-0.2, 0) is 0 Å². The van der Waals surface area contributed by atoms with E-state index in [4.69, 9.17) is 5.11 Å². The third-order valence-electron chi connectivity index (χ3n) is 3.41. The first-order valence-corrected chi connectivity index (χ1v) is 6.84. The number of carbonyl (C=O) groups is 1. The molecule has 4 nitrogen and oxygen atoms in total. The second kappa shape index (κ2) is 6.25. The number of halogens is 1. The average Bonchev–Trinajstić information content (AvgIpc) is 2.79. The van der Waals surface area contributed by atoms with E-state index in [0.717, 1.165) is 0 Å². The highest BCUT2D eigenvalue weighted by molar-refractivity contribution is 5.97. The van der Waals surface area contributed by atoms with E-state index in [9.17, 15) is 14.3 Å². The molecule has 1 aliphatic heterocycles. The Balaban J connectivity index is 2.27. The Bertz CT molecular complexity index is 601. The van der Waals surface area contributed by atoms with Gasteiger partial charge in [-0.05, 0) is 31.5 Å². The largest absolute Gasteiger partial charge is 0.395 e. The van der Waals surface area contributed by atoms with Crippen LogP contribution in [0.5, 0.6) is 0 Å². The molecule has 0 aromatic heterocycles. The number of likely N-dealkylation sites (tertiary alicyclic amines) is 1. The Hall–Kier alpha value is -1.90. The van der Waals surface area contributed by atoms with Crippen LogP contribution in [0.2, 0.25) is 0 Å². The first-order valence-electron chi connectivity index (χ1n) is 6.84. The Morgan fingerprint density at radius 2 is 2.29 bits per heavy atom. The highest BCUT2D eigenvalue weighted by atomic mass is 19.1. The van der Waals surface area contributed by atoms with Gasteiger partial charge in [-0.1, -0.05) is 11.8 Å². The number of aliphatic hydroxyl groups is 2. The SMILES string of the molecule is CC1(O)CCN(C(=O)c2ccc(F)cc2C#CCCO)C1. The van der Waals surface area contributed by atoms with Crippen molar-refractivity contribution in [2.75, 3.05) is 19.7 Å². The molecule has 112 valence electrons. The van der Waals surface area contributed by atoms with Crippen molar-refractivity contribution >= 4 is 5.91 Å². The van der Waals surface area contributed by atoms with Crippen molar-refractivity contribution in [3.63, 3.8) is 0 Å². The Kier molecular flexibility index (Phi) is 4.61. The highest BCUT2D eigenvalue weighted by Gasteiger charge is 2.34. The molecule has 1 aromatic rings. The van der Waals surface area contributed by atoms with Gasteiger partial charge in [0.15, 0.2) is 0 Å². The van der Waals surface area contributed by atoms with Gasteiger partial charge in [0.1, 0.15) is 5.82 Å². The molecular weight excluding hydrogens is 273 g/mol. The standard InChI is InChI=1S/C16H18FNO3/c1-16(21)7-8-18(11-16)15(20)14-6-5-13(17)10-12(14)4-2-3-9-19/h5-6,10,19,21H,3,7-9,11H2,1H3. The second-order valence-electron chi connectivity index (χ2n) is 5.44. The Morgan fingerprint density at radius 3 is 2.90 bits per heavy atom. The monoisotopic (exact) mass is 291 g/mol. The maximum Gasteiger partial charge on any atom is 0.255 e. The summed E-state index contributed by atoms with van der Waals surface area (Å²) in [6.07, 6.45) is 0.786. The molecule has 1 fully saturated rings. The molecular formula is C16H18FNO3. The molecule has 2 N–H and O–H groups in total. The van der Waals surface area contributed by atoms with E-state index in [2.05, 4.69) is 11.8 Å². The van der Waals surface area contributed by atoms with Gasteiger partial charge in [-0.25, -0.2) is 4.39 Å². The number of hydrogen-bond acceptors (Lipinski definition) is 3. The van der Waals surface area contributed by atoms with Crippen molar-refractivity contribution in [1.82, 2.24) is 4.90 Å². The highest BCUT2D eigenvalue weighted by Crippen LogP contribution is 2.23. The minimum atomic E-state index is -0.877. The van der Waals surface area contributed by atoms with Crippen molar-refractivity contribution in [3.8, 4) is 11.8 Å². The number of rotatable bonds is 2. The first kappa shape index (κ1) is 15.5. The molecule has 2 rings (SSSR count). The average molecular weight is 291 g/mol. The third-order valence-corrected chi connectivity index (χ3v) is 3.41. The lowest BCUT2D eigenvalue weighted by atomic mass is 10.1. The summed E-state index contributed by atoms with van der Waals surface area (Å²) in [5, 5.41) is 18.7. The molecule has 0 saturated carbocycles.